The van der Waals surface area contributed by atoms with Gasteiger partial charge in [0.15, 0.2) is 11.5 Å². The van der Waals surface area contributed by atoms with E-state index in [1.807, 2.05) is 36.4 Å². The Morgan fingerprint density at radius 3 is 2.52 bits per heavy atom. The summed E-state index contributed by atoms with van der Waals surface area (Å²) in [5.41, 5.74) is 13.0. The second kappa shape index (κ2) is 7.54. The molecular weight excluding hydrogens is 364 g/mol. The molecule has 0 amide bonds. The number of nitrogens with one attached hydrogen (secondary N) is 1. The first kappa shape index (κ1) is 18.9. The monoisotopic (exact) mass is 390 g/mol. The van der Waals surface area contributed by atoms with Crippen LogP contribution < -0.4 is 15.2 Å². The number of rotatable bonds is 6. The molecule has 0 radical (unpaired) electrons. The van der Waals surface area contributed by atoms with Crippen LogP contribution >= 0.6 is 0 Å². The first-order chi connectivity index (χ1) is 14.0. The second-order valence-electron chi connectivity index (χ2n) is 7.16. The molecule has 4 rings (SSSR count). The van der Waals surface area contributed by atoms with Gasteiger partial charge >= 0.3 is 0 Å². The summed E-state index contributed by atoms with van der Waals surface area (Å²) in [7, 11) is 3.29. The first-order valence-corrected chi connectivity index (χ1v) is 9.64. The Balaban J connectivity index is 1.65. The van der Waals surface area contributed by atoms with Crippen molar-refractivity contribution in [2.75, 3.05) is 20.0 Å². The summed E-state index contributed by atoms with van der Waals surface area (Å²) in [4.78, 5) is 8.14. The van der Waals surface area contributed by atoms with Gasteiger partial charge in [-0.05, 0) is 55.7 Å². The SMILES string of the molecule is COc1ccc(CCn2c(C)c(C)c(-c3nc4ccccc4[nH]3)c2N)cc1OC. The zero-order valence-electron chi connectivity index (χ0n) is 17.2. The number of fused-ring (bicyclic) bond motifs is 1. The third kappa shape index (κ3) is 3.31. The molecule has 2 aromatic carbocycles. The second-order valence-corrected chi connectivity index (χ2v) is 7.16. The fourth-order valence-corrected chi connectivity index (χ4v) is 3.83. The normalized spacial score (nSPS) is 11.2. The first-order valence-electron chi connectivity index (χ1n) is 9.64. The van der Waals surface area contributed by atoms with Crippen molar-refractivity contribution in [2.45, 2.75) is 26.8 Å². The van der Waals surface area contributed by atoms with Crippen LogP contribution in [0.1, 0.15) is 16.8 Å². The number of benzene rings is 2. The van der Waals surface area contributed by atoms with Crippen molar-refractivity contribution in [1.29, 1.82) is 0 Å². The number of methoxy groups -OCH3 is 2. The maximum absolute atomic E-state index is 6.58. The van der Waals surface area contributed by atoms with Crippen molar-refractivity contribution in [1.82, 2.24) is 14.5 Å². The Labute approximate surface area is 170 Å². The van der Waals surface area contributed by atoms with E-state index < -0.39 is 0 Å². The van der Waals surface area contributed by atoms with E-state index >= 15 is 0 Å². The maximum Gasteiger partial charge on any atom is 0.160 e. The number of aromatic amines is 1. The molecule has 0 atom stereocenters. The quantitative estimate of drug-likeness (QED) is 0.508. The molecule has 0 aliphatic carbocycles. The molecule has 6 heteroatoms. The highest BCUT2D eigenvalue weighted by Crippen LogP contribution is 2.34. The minimum atomic E-state index is 0.732. The van der Waals surface area contributed by atoms with E-state index in [9.17, 15) is 0 Å². The number of H-pyrrole nitrogens is 1. The molecule has 0 unspecified atom stereocenters. The number of hydrogen-bond acceptors (Lipinski definition) is 4. The van der Waals surface area contributed by atoms with Crippen LogP contribution in [0.2, 0.25) is 0 Å². The zero-order chi connectivity index (χ0) is 20.5. The van der Waals surface area contributed by atoms with Crippen LogP contribution in [0.15, 0.2) is 42.5 Å². The van der Waals surface area contributed by atoms with Gasteiger partial charge in [0.2, 0.25) is 0 Å². The highest BCUT2D eigenvalue weighted by molar-refractivity contribution is 5.83. The third-order valence-corrected chi connectivity index (χ3v) is 5.57. The van der Waals surface area contributed by atoms with Gasteiger partial charge in [-0.25, -0.2) is 4.98 Å². The van der Waals surface area contributed by atoms with Gasteiger partial charge in [-0.15, -0.1) is 0 Å². The van der Waals surface area contributed by atoms with E-state index in [0.717, 1.165) is 69.5 Å². The molecule has 0 saturated heterocycles. The lowest BCUT2D eigenvalue weighted by Gasteiger charge is -2.12. The van der Waals surface area contributed by atoms with E-state index in [-0.39, 0.29) is 0 Å². The van der Waals surface area contributed by atoms with Gasteiger partial charge in [-0.1, -0.05) is 18.2 Å². The van der Waals surface area contributed by atoms with Crippen molar-refractivity contribution in [2.24, 2.45) is 0 Å². The molecule has 3 N–H and O–H groups in total. The highest BCUT2D eigenvalue weighted by Gasteiger charge is 2.19. The van der Waals surface area contributed by atoms with Gasteiger partial charge in [0.05, 0.1) is 30.8 Å². The van der Waals surface area contributed by atoms with E-state index in [1.54, 1.807) is 14.2 Å². The standard InChI is InChI=1S/C23H26N4O2/c1-14-15(2)27(12-11-16-9-10-19(28-3)20(13-16)29-4)22(24)21(14)23-25-17-7-5-6-8-18(17)26-23/h5-10,13H,11-12,24H2,1-4H3,(H,25,26). The van der Waals surface area contributed by atoms with Crippen LogP contribution in [0.4, 0.5) is 5.82 Å². The summed E-state index contributed by atoms with van der Waals surface area (Å²) in [6, 6.07) is 14.0. The third-order valence-electron chi connectivity index (χ3n) is 5.57. The number of aromatic nitrogens is 3. The van der Waals surface area contributed by atoms with Crippen molar-refractivity contribution in [3.05, 3.63) is 59.3 Å². The van der Waals surface area contributed by atoms with Gasteiger partial charge in [-0.3, -0.25) is 0 Å². The van der Waals surface area contributed by atoms with Crippen molar-refractivity contribution in [3.63, 3.8) is 0 Å². The van der Waals surface area contributed by atoms with Crippen molar-refractivity contribution < 1.29 is 9.47 Å². The molecule has 0 saturated carbocycles. The molecule has 4 aromatic rings. The molecule has 0 fully saturated rings. The molecule has 0 aliphatic rings. The molecule has 2 heterocycles. The predicted octanol–water partition coefficient (Wildman–Crippen LogP) is 4.49. The van der Waals surface area contributed by atoms with Crippen molar-refractivity contribution >= 4 is 16.9 Å². The van der Waals surface area contributed by atoms with Crippen LogP contribution in [0.25, 0.3) is 22.4 Å². The molecule has 29 heavy (non-hydrogen) atoms. The van der Waals surface area contributed by atoms with Crippen LogP contribution in [-0.2, 0) is 13.0 Å². The Morgan fingerprint density at radius 1 is 1.03 bits per heavy atom. The Bertz CT molecular complexity index is 1140. The summed E-state index contributed by atoms with van der Waals surface area (Å²) in [5, 5.41) is 0. The topological polar surface area (TPSA) is 78.1 Å². The van der Waals surface area contributed by atoms with E-state index in [0.29, 0.717) is 0 Å². The lowest BCUT2D eigenvalue weighted by atomic mass is 10.1. The maximum atomic E-state index is 6.58. The molecule has 0 aliphatic heterocycles. The molecule has 2 aromatic heterocycles. The van der Waals surface area contributed by atoms with E-state index in [2.05, 4.69) is 29.5 Å². The lowest BCUT2D eigenvalue weighted by Crippen LogP contribution is -2.07. The van der Waals surface area contributed by atoms with Crippen LogP contribution in [-0.4, -0.2) is 28.8 Å². The Morgan fingerprint density at radius 2 is 1.79 bits per heavy atom. The molecule has 0 spiro atoms. The number of ether oxygens (including phenoxy) is 2. The number of aryl methyl sites for hydroxylation is 1. The summed E-state index contributed by atoms with van der Waals surface area (Å²) in [5.74, 6) is 3.02. The average molecular weight is 390 g/mol. The Kier molecular flexibility index (Phi) is 4.92. The lowest BCUT2D eigenvalue weighted by molar-refractivity contribution is 0.354. The number of nitrogens with zero attached hydrogens (tertiary/aromatic N) is 2. The van der Waals surface area contributed by atoms with Gasteiger partial charge < -0.3 is 24.8 Å². The minimum absolute atomic E-state index is 0.732. The number of para-hydroxylation sites is 2. The number of imidazole rings is 1. The minimum Gasteiger partial charge on any atom is -0.493 e. The van der Waals surface area contributed by atoms with Gasteiger partial charge in [0, 0.05) is 12.2 Å². The molecule has 150 valence electrons. The van der Waals surface area contributed by atoms with Gasteiger partial charge in [0.1, 0.15) is 11.6 Å². The summed E-state index contributed by atoms with van der Waals surface area (Å²) >= 11 is 0. The summed E-state index contributed by atoms with van der Waals surface area (Å²) in [6.45, 7) is 4.97. The fourth-order valence-electron chi connectivity index (χ4n) is 3.83. The van der Waals surface area contributed by atoms with E-state index in [1.165, 1.54) is 0 Å². The van der Waals surface area contributed by atoms with E-state index in [4.69, 9.17) is 20.2 Å². The highest BCUT2D eigenvalue weighted by atomic mass is 16.5. The molecule has 6 nitrogen and oxygen atoms in total. The van der Waals surface area contributed by atoms with Crippen LogP contribution in [0, 0.1) is 13.8 Å². The summed E-state index contributed by atoms with van der Waals surface area (Å²) < 4.78 is 12.9. The predicted molar refractivity (Wildman–Crippen MR) is 117 cm³/mol. The number of nitrogen functional groups attached to an aromatic ring is 1. The smallest absolute Gasteiger partial charge is 0.160 e. The van der Waals surface area contributed by atoms with Crippen LogP contribution in [0.5, 0.6) is 11.5 Å². The largest absolute Gasteiger partial charge is 0.493 e. The van der Waals surface area contributed by atoms with Gasteiger partial charge in [0.25, 0.3) is 0 Å². The zero-order valence-corrected chi connectivity index (χ0v) is 17.2. The van der Waals surface area contributed by atoms with Gasteiger partial charge in [-0.2, -0.15) is 0 Å². The molecular formula is C23H26N4O2. The number of nitrogens with two attached hydrogens (primary N) is 1. The Hall–Kier alpha value is -3.41. The number of hydrogen-bond donors (Lipinski definition) is 2. The summed E-state index contributed by atoms with van der Waals surface area (Å²) in [6.07, 6.45) is 0.832. The average Bonchev–Trinajstić information content (AvgIpc) is 3.25. The number of anilines is 1. The fraction of sp³-hybridized carbons (Fsp3) is 0.261. The van der Waals surface area contributed by atoms with Crippen molar-refractivity contribution in [3.8, 4) is 22.9 Å². The molecule has 0 bridgehead atoms. The van der Waals surface area contributed by atoms with Crippen LogP contribution in [0.3, 0.4) is 0 Å².